The highest BCUT2D eigenvalue weighted by atomic mass is 16.5. The molecule has 1 unspecified atom stereocenters. The Hall–Kier alpha value is -4.13. The molecule has 0 fully saturated rings. The molecular formula is C28H28N2O5. The smallest absolute Gasteiger partial charge is 0.407 e. The van der Waals surface area contributed by atoms with Crippen molar-refractivity contribution in [3.8, 4) is 11.1 Å². The molecule has 1 aliphatic carbocycles. The summed E-state index contributed by atoms with van der Waals surface area (Å²) in [5, 5.41) is 11.7. The van der Waals surface area contributed by atoms with Gasteiger partial charge in [-0.2, -0.15) is 0 Å². The van der Waals surface area contributed by atoms with Crippen LogP contribution in [0.1, 0.15) is 39.9 Å². The summed E-state index contributed by atoms with van der Waals surface area (Å²) in [6.45, 7) is 2.45. The number of carboxylic acids is 1. The Labute approximate surface area is 204 Å². The maximum atomic E-state index is 12.7. The fourth-order valence-electron chi connectivity index (χ4n) is 4.45. The topological polar surface area (TPSA) is 95.9 Å². The lowest BCUT2D eigenvalue weighted by Gasteiger charge is -2.22. The first-order valence-corrected chi connectivity index (χ1v) is 11.5. The van der Waals surface area contributed by atoms with Crippen molar-refractivity contribution in [3.05, 3.63) is 95.1 Å². The van der Waals surface area contributed by atoms with Crippen LogP contribution in [-0.4, -0.2) is 48.2 Å². The van der Waals surface area contributed by atoms with E-state index in [9.17, 15) is 14.4 Å². The number of hydrogen-bond donors (Lipinski definition) is 2. The summed E-state index contributed by atoms with van der Waals surface area (Å²) in [6.07, 6.45) is -0.557. The molecule has 7 heteroatoms. The Balaban J connectivity index is 1.27. The second kappa shape index (κ2) is 10.4. The molecule has 4 rings (SSSR count). The van der Waals surface area contributed by atoms with Crippen LogP contribution < -0.4 is 5.32 Å². The molecule has 7 nitrogen and oxygen atoms in total. The third kappa shape index (κ3) is 5.35. The molecule has 3 aromatic carbocycles. The lowest BCUT2D eigenvalue weighted by Crippen LogP contribution is -2.38. The van der Waals surface area contributed by atoms with Crippen molar-refractivity contribution in [2.45, 2.75) is 19.4 Å². The molecule has 0 aliphatic heterocycles. The number of nitrogens with zero attached hydrogens (tertiary/aromatic N) is 1. The van der Waals surface area contributed by atoms with Crippen molar-refractivity contribution < 1.29 is 24.2 Å². The average molecular weight is 473 g/mol. The minimum atomic E-state index is -0.992. The molecule has 1 atom stereocenters. The van der Waals surface area contributed by atoms with Crippen LogP contribution in [0.4, 0.5) is 4.79 Å². The number of carbonyl (C=O) groups excluding carboxylic acids is 2. The quantitative estimate of drug-likeness (QED) is 0.503. The van der Waals surface area contributed by atoms with Crippen molar-refractivity contribution in [2.75, 3.05) is 20.2 Å². The summed E-state index contributed by atoms with van der Waals surface area (Å²) in [6, 6.07) is 22.7. The molecule has 180 valence electrons. The van der Waals surface area contributed by atoms with Gasteiger partial charge in [-0.05, 0) is 39.9 Å². The highest BCUT2D eigenvalue weighted by Crippen LogP contribution is 2.44. The molecule has 0 radical (unpaired) electrons. The minimum absolute atomic E-state index is 0.0224. The Morgan fingerprint density at radius 1 is 0.943 bits per heavy atom. The minimum Gasteiger partial charge on any atom is -0.478 e. The number of nitrogens with one attached hydrogen (secondary N) is 1. The van der Waals surface area contributed by atoms with Gasteiger partial charge in [-0.15, -0.1) is 0 Å². The van der Waals surface area contributed by atoms with E-state index in [2.05, 4.69) is 29.6 Å². The van der Waals surface area contributed by atoms with Crippen molar-refractivity contribution >= 4 is 18.0 Å². The molecule has 3 aromatic rings. The largest absolute Gasteiger partial charge is 0.478 e. The van der Waals surface area contributed by atoms with Gasteiger partial charge in [-0.3, -0.25) is 4.79 Å². The molecule has 35 heavy (non-hydrogen) atoms. The van der Waals surface area contributed by atoms with Gasteiger partial charge in [0.25, 0.3) is 0 Å². The molecule has 2 N–H and O–H groups in total. The monoisotopic (exact) mass is 472 g/mol. The highest BCUT2D eigenvalue weighted by molar-refractivity contribution is 5.87. The van der Waals surface area contributed by atoms with Crippen LogP contribution in [0.3, 0.4) is 0 Å². The first-order chi connectivity index (χ1) is 16.8. The van der Waals surface area contributed by atoms with Gasteiger partial charge in [0.05, 0.1) is 11.5 Å². The molecule has 0 aromatic heterocycles. The normalized spacial score (nSPS) is 12.9. The summed E-state index contributed by atoms with van der Waals surface area (Å²) < 4.78 is 5.53. The van der Waals surface area contributed by atoms with Gasteiger partial charge in [-0.1, -0.05) is 67.6 Å². The summed E-state index contributed by atoms with van der Waals surface area (Å²) in [5.74, 6) is -1.59. The van der Waals surface area contributed by atoms with Crippen molar-refractivity contribution in [1.29, 1.82) is 0 Å². The summed E-state index contributed by atoms with van der Waals surface area (Å²) >= 11 is 0. The Bertz CT molecular complexity index is 1190. The van der Waals surface area contributed by atoms with Crippen molar-refractivity contribution in [3.63, 3.8) is 0 Å². The SMILES string of the molecule is CC(CNC(=O)OCC1c2ccccc2-c2ccccc21)C(=O)N(C)Cc1ccc(C(=O)O)cc1. The second-order valence-corrected chi connectivity index (χ2v) is 8.80. The van der Waals surface area contributed by atoms with Gasteiger partial charge in [0.2, 0.25) is 5.91 Å². The number of carbonyl (C=O) groups is 3. The van der Waals surface area contributed by atoms with Gasteiger partial charge in [0.15, 0.2) is 0 Å². The summed E-state index contributed by atoms with van der Waals surface area (Å²) in [4.78, 5) is 37.6. The van der Waals surface area contributed by atoms with Crippen LogP contribution in [0.5, 0.6) is 0 Å². The first-order valence-electron chi connectivity index (χ1n) is 11.5. The van der Waals surface area contributed by atoms with E-state index in [0.717, 1.165) is 27.8 Å². The van der Waals surface area contributed by atoms with E-state index >= 15 is 0 Å². The number of fused-ring (bicyclic) bond motifs is 3. The number of alkyl carbamates (subject to hydrolysis) is 1. The standard InChI is InChI=1S/C28H28N2O5/c1-18(26(31)30(2)16-19-11-13-20(14-12-19)27(32)33)15-29-28(34)35-17-25-23-9-5-3-7-21(23)22-8-4-6-10-24(22)25/h3-14,18,25H,15-17H2,1-2H3,(H,29,34)(H,32,33). The third-order valence-electron chi connectivity index (χ3n) is 6.31. The number of ether oxygens (including phenoxy) is 1. The van der Waals surface area contributed by atoms with Crippen LogP contribution in [-0.2, 0) is 16.1 Å². The average Bonchev–Trinajstić information content (AvgIpc) is 3.19. The number of rotatable bonds is 8. The molecular weight excluding hydrogens is 444 g/mol. The van der Waals surface area contributed by atoms with E-state index < -0.39 is 18.0 Å². The highest BCUT2D eigenvalue weighted by Gasteiger charge is 2.29. The lowest BCUT2D eigenvalue weighted by atomic mass is 9.98. The van der Waals surface area contributed by atoms with Gasteiger partial charge >= 0.3 is 12.1 Å². The fraction of sp³-hybridized carbons (Fsp3) is 0.250. The number of hydrogen-bond acceptors (Lipinski definition) is 4. The first kappa shape index (κ1) is 24.0. The molecule has 0 heterocycles. The third-order valence-corrected chi connectivity index (χ3v) is 6.31. The van der Waals surface area contributed by atoms with Gasteiger partial charge < -0.3 is 20.1 Å². The number of carboxylic acid groups (broad SMARTS) is 1. The fourth-order valence-corrected chi connectivity index (χ4v) is 4.45. The molecule has 2 amide bonds. The summed E-state index contributed by atoms with van der Waals surface area (Å²) in [7, 11) is 1.68. The number of aromatic carboxylic acids is 1. The van der Waals surface area contributed by atoms with E-state index in [1.54, 1.807) is 31.0 Å². The molecule has 0 saturated carbocycles. The van der Waals surface area contributed by atoms with E-state index in [1.165, 1.54) is 12.1 Å². The van der Waals surface area contributed by atoms with Crippen LogP contribution in [0.2, 0.25) is 0 Å². The molecule has 0 saturated heterocycles. The summed E-state index contributed by atoms with van der Waals surface area (Å²) in [5.41, 5.74) is 5.63. The van der Waals surface area contributed by atoms with E-state index in [4.69, 9.17) is 9.84 Å². The Kier molecular flexibility index (Phi) is 7.15. The van der Waals surface area contributed by atoms with Crippen LogP contribution in [0.25, 0.3) is 11.1 Å². The maximum absolute atomic E-state index is 12.7. The zero-order valence-corrected chi connectivity index (χ0v) is 19.7. The molecule has 0 spiro atoms. The van der Waals surface area contributed by atoms with Gasteiger partial charge in [0, 0.05) is 26.1 Å². The van der Waals surface area contributed by atoms with E-state index in [0.29, 0.717) is 6.54 Å². The lowest BCUT2D eigenvalue weighted by molar-refractivity contribution is -0.134. The van der Waals surface area contributed by atoms with Gasteiger partial charge in [-0.25, -0.2) is 9.59 Å². The van der Waals surface area contributed by atoms with Crippen LogP contribution in [0.15, 0.2) is 72.8 Å². The van der Waals surface area contributed by atoms with Crippen LogP contribution >= 0.6 is 0 Å². The molecule has 1 aliphatic rings. The van der Waals surface area contributed by atoms with Crippen molar-refractivity contribution in [1.82, 2.24) is 10.2 Å². The zero-order chi connectivity index (χ0) is 24.9. The predicted molar refractivity (Wildman–Crippen MR) is 132 cm³/mol. The van der Waals surface area contributed by atoms with E-state index in [1.807, 2.05) is 24.3 Å². The Morgan fingerprint density at radius 3 is 2.09 bits per heavy atom. The van der Waals surface area contributed by atoms with E-state index in [-0.39, 0.29) is 30.5 Å². The number of amides is 2. The maximum Gasteiger partial charge on any atom is 0.407 e. The second-order valence-electron chi connectivity index (χ2n) is 8.80. The number of benzene rings is 3. The molecule has 0 bridgehead atoms. The van der Waals surface area contributed by atoms with Gasteiger partial charge in [0.1, 0.15) is 6.61 Å². The van der Waals surface area contributed by atoms with Crippen molar-refractivity contribution in [2.24, 2.45) is 5.92 Å². The Morgan fingerprint density at radius 2 is 1.51 bits per heavy atom. The zero-order valence-electron chi connectivity index (χ0n) is 19.7. The van der Waals surface area contributed by atoms with Crippen LogP contribution in [0, 0.1) is 5.92 Å². The predicted octanol–water partition coefficient (Wildman–Crippen LogP) is 4.52.